The lowest BCUT2D eigenvalue weighted by Crippen LogP contribution is -2.44. The van der Waals surface area contributed by atoms with Crippen LogP contribution >= 0.6 is 23.2 Å². The average molecular weight is 549 g/mol. The number of hydrogen-bond acceptors (Lipinski definition) is 4. The molecule has 5 nitrogen and oxygen atoms in total. The third-order valence-corrected chi connectivity index (χ3v) is 14.2. The molecule has 1 aliphatic rings. The van der Waals surface area contributed by atoms with Crippen LogP contribution in [0.4, 0.5) is 0 Å². The standard InChI is InChI=1S/C25H43Cl2NO4Si2/c1-18-19(16-22(29)28(18)12-13-32-34(8,9)25(2,3)4)23-21(11-10-20(26)24(23)27)31-17-30-14-15-33(5,6)7/h10-11,18-19H,12-17H2,1-9H3/t18-,19+/m1/s1. The number of likely N-dealkylation sites (tertiary alicyclic amines) is 1. The van der Waals surface area contributed by atoms with E-state index in [1.165, 1.54) is 0 Å². The monoisotopic (exact) mass is 547 g/mol. The van der Waals surface area contributed by atoms with E-state index in [4.69, 9.17) is 37.1 Å². The highest BCUT2D eigenvalue weighted by molar-refractivity contribution is 6.76. The molecule has 0 radical (unpaired) electrons. The van der Waals surface area contributed by atoms with E-state index < -0.39 is 16.4 Å². The molecule has 0 unspecified atom stereocenters. The number of benzene rings is 1. The van der Waals surface area contributed by atoms with Gasteiger partial charge in [-0.2, -0.15) is 0 Å². The molecule has 0 aromatic heterocycles. The summed E-state index contributed by atoms with van der Waals surface area (Å²) in [7, 11) is -3.03. The third-order valence-electron chi connectivity index (χ3n) is 7.15. The van der Waals surface area contributed by atoms with Gasteiger partial charge in [-0.05, 0) is 43.2 Å². The Bertz CT molecular complexity index is 853. The zero-order valence-corrected chi connectivity index (χ0v) is 25.9. The highest BCUT2D eigenvalue weighted by Gasteiger charge is 2.41. The molecule has 1 aromatic carbocycles. The predicted molar refractivity (Wildman–Crippen MR) is 148 cm³/mol. The van der Waals surface area contributed by atoms with Crippen molar-refractivity contribution in [3.05, 3.63) is 27.7 Å². The molecule has 1 heterocycles. The molecular formula is C25H43Cl2NO4Si2. The van der Waals surface area contributed by atoms with Crippen molar-refractivity contribution in [2.24, 2.45) is 0 Å². The summed E-state index contributed by atoms with van der Waals surface area (Å²) in [6.45, 7) is 22.0. The maximum Gasteiger partial charge on any atom is 0.223 e. The van der Waals surface area contributed by atoms with Crippen molar-refractivity contribution >= 4 is 45.5 Å². The van der Waals surface area contributed by atoms with Crippen LogP contribution in [0.3, 0.4) is 0 Å². The van der Waals surface area contributed by atoms with E-state index in [0.29, 0.717) is 42.0 Å². The second-order valence-electron chi connectivity index (χ2n) is 12.0. The Morgan fingerprint density at radius 3 is 2.32 bits per heavy atom. The van der Waals surface area contributed by atoms with Gasteiger partial charge in [-0.25, -0.2) is 0 Å². The molecule has 0 spiro atoms. The van der Waals surface area contributed by atoms with E-state index in [9.17, 15) is 4.79 Å². The van der Waals surface area contributed by atoms with Crippen LogP contribution in [0, 0.1) is 0 Å². The molecule has 1 fully saturated rings. The maximum atomic E-state index is 13.0. The van der Waals surface area contributed by atoms with Crippen LogP contribution in [-0.2, 0) is 14.0 Å². The molecule has 1 amide bonds. The third kappa shape index (κ3) is 7.71. The van der Waals surface area contributed by atoms with Crippen LogP contribution in [0.5, 0.6) is 5.75 Å². The number of nitrogens with zero attached hydrogens (tertiary/aromatic N) is 1. The van der Waals surface area contributed by atoms with Crippen molar-refractivity contribution in [3.63, 3.8) is 0 Å². The molecule has 1 saturated heterocycles. The molecule has 0 N–H and O–H groups in total. The largest absolute Gasteiger partial charge is 0.467 e. The number of amides is 1. The Morgan fingerprint density at radius 2 is 1.74 bits per heavy atom. The Labute approximate surface area is 218 Å². The van der Waals surface area contributed by atoms with Gasteiger partial charge in [0.15, 0.2) is 15.1 Å². The van der Waals surface area contributed by atoms with E-state index in [0.717, 1.165) is 11.6 Å². The smallest absolute Gasteiger partial charge is 0.223 e. The van der Waals surface area contributed by atoms with E-state index in [1.54, 1.807) is 6.07 Å². The highest BCUT2D eigenvalue weighted by atomic mass is 35.5. The number of hydrogen-bond donors (Lipinski definition) is 0. The van der Waals surface area contributed by atoms with Gasteiger partial charge in [0.25, 0.3) is 0 Å². The van der Waals surface area contributed by atoms with E-state index in [2.05, 4.69) is 60.4 Å². The lowest BCUT2D eigenvalue weighted by molar-refractivity contribution is -0.129. The first-order valence-corrected chi connectivity index (χ1v) is 19.5. The fourth-order valence-corrected chi connectivity index (χ4v) is 6.02. The van der Waals surface area contributed by atoms with Crippen molar-refractivity contribution in [3.8, 4) is 5.75 Å². The van der Waals surface area contributed by atoms with Crippen molar-refractivity contribution < 1.29 is 18.7 Å². The van der Waals surface area contributed by atoms with Crippen LogP contribution in [0.2, 0.25) is 53.9 Å². The van der Waals surface area contributed by atoms with Crippen LogP contribution in [0.1, 0.15) is 45.6 Å². The van der Waals surface area contributed by atoms with Crippen molar-refractivity contribution in [2.45, 2.75) is 89.9 Å². The summed E-state index contributed by atoms with van der Waals surface area (Å²) in [6, 6.07) is 4.59. The lowest BCUT2D eigenvalue weighted by Gasteiger charge is -2.37. The first-order chi connectivity index (χ1) is 15.5. The summed E-state index contributed by atoms with van der Waals surface area (Å²) < 4.78 is 18.0. The summed E-state index contributed by atoms with van der Waals surface area (Å²) in [5.74, 6) is 0.625. The first kappa shape index (κ1) is 29.7. The van der Waals surface area contributed by atoms with Crippen LogP contribution < -0.4 is 4.74 Å². The second kappa shape index (κ2) is 11.6. The average Bonchev–Trinajstić information content (AvgIpc) is 2.96. The molecule has 0 bridgehead atoms. The van der Waals surface area contributed by atoms with Gasteiger partial charge in [0, 0.05) is 45.2 Å². The SMILES string of the molecule is C[C@@H]1[C@@H](c2c(OCOCC[Si](C)(C)C)ccc(Cl)c2Cl)CC(=O)N1CCO[Si](C)(C)C(C)(C)C. The summed E-state index contributed by atoms with van der Waals surface area (Å²) >= 11 is 13.0. The van der Waals surface area contributed by atoms with Crippen LogP contribution in [-0.4, -0.2) is 59.8 Å². The van der Waals surface area contributed by atoms with Gasteiger partial charge < -0.3 is 18.8 Å². The lowest BCUT2D eigenvalue weighted by atomic mass is 9.91. The highest BCUT2D eigenvalue weighted by Crippen LogP contribution is 2.45. The van der Waals surface area contributed by atoms with Crippen LogP contribution in [0.25, 0.3) is 0 Å². The number of carbonyl (C=O) groups excluding carboxylic acids is 1. The molecule has 1 aliphatic heterocycles. The fourth-order valence-electron chi connectivity index (χ4n) is 3.77. The van der Waals surface area contributed by atoms with Gasteiger partial charge in [-0.15, -0.1) is 0 Å². The van der Waals surface area contributed by atoms with Gasteiger partial charge in [-0.1, -0.05) is 63.6 Å². The minimum absolute atomic E-state index is 0.0401. The Morgan fingerprint density at radius 1 is 1.09 bits per heavy atom. The van der Waals surface area contributed by atoms with Gasteiger partial charge in [0.2, 0.25) is 5.91 Å². The zero-order chi connectivity index (χ0) is 25.9. The predicted octanol–water partition coefficient (Wildman–Crippen LogP) is 7.41. The maximum absolute atomic E-state index is 13.0. The summed E-state index contributed by atoms with van der Waals surface area (Å²) in [5.41, 5.74) is 0.789. The molecular weight excluding hydrogens is 505 g/mol. The number of halogens is 2. The Kier molecular flexibility index (Phi) is 10.2. The van der Waals surface area contributed by atoms with Crippen molar-refractivity contribution in [1.82, 2.24) is 4.90 Å². The minimum Gasteiger partial charge on any atom is -0.467 e. The van der Waals surface area contributed by atoms with Crippen molar-refractivity contribution in [1.29, 1.82) is 0 Å². The minimum atomic E-state index is -1.87. The van der Waals surface area contributed by atoms with Crippen LogP contribution in [0.15, 0.2) is 12.1 Å². The van der Waals surface area contributed by atoms with Gasteiger partial charge in [0.05, 0.1) is 16.7 Å². The van der Waals surface area contributed by atoms with Gasteiger partial charge in [-0.3, -0.25) is 4.79 Å². The number of ether oxygens (including phenoxy) is 2. The first-order valence-electron chi connectivity index (χ1n) is 12.2. The summed E-state index contributed by atoms with van der Waals surface area (Å²) in [4.78, 5) is 14.9. The Balaban J connectivity index is 2.09. The molecule has 194 valence electrons. The normalized spacial score (nSPS) is 19.7. The zero-order valence-electron chi connectivity index (χ0n) is 22.4. The van der Waals surface area contributed by atoms with E-state index >= 15 is 0 Å². The summed E-state index contributed by atoms with van der Waals surface area (Å²) in [6.07, 6.45) is 0.369. The Hall–Kier alpha value is -0.576. The summed E-state index contributed by atoms with van der Waals surface area (Å²) in [5, 5.41) is 1.04. The van der Waals surface area contributed by atoms with E-state index in [-0.39, 0.29) is 29.7 Å². The number of rotatable bonds is 11. The molecule has 0 aliphatic carbocycles. The quantitative estimate of drug-likeness (QED) is 0.164. The molecule has 34 heavy (non-hydrogen) atoms. The fraction of sp³-hybridized carbons (Fsp3) is 0.720. The van der Waals surface area contributed by atoms with Gasteiger partial charge >= 0.3 is 0 Å². The molecule has 9 heteroatoms. The molecule has 0 saturated carbocycles. The van der Waals surface area contributed by atoms with Crippen molar-refractivity contribution in [2.75, 3.05) is 26.6 Å². The number of carbonyl (C=O) groups is 1. The molecule has 2 atom stereocenters. The van der Waals surface area contributed by atoms with E-state index in [1.807, 2.05) is 11.0 Å². The second-order valence-corrected chi connectivity index (χ2v) is 23.2. The van der Waals surface area contributed by atoms with Gasteiger partial charge in [0.1, 0.15) is 5.75 Å². The topological polar surface area (TPSA) is 48.0 Å². The molecule has 1 aromatic rings. The molecule has 2 rings (SSSR count).